The first kappa shape index (κ1) is 10.0. The third kappa shape index (κ3) is 3.44. The lowest BCUT2D eigenvalue weighted by Crippen LogP contribution is -1.85. The molecule has 72 valence electrons. The number of rotatable bonds is 2. The van der Waals surface area contributed by atoms with Crippen LogP contribution in [0.1, 0.15) is 12.0 Å². The van der Waals surface area contributed by atoms with Gasteiger partial charge in [0.15, 0.2) is 0 Å². The van der Waals surface area contributed by atoms with Crippen molar-refractivity contribution in [2.75, 3.05) is 13.2 Å². The van der Waals surface area contributed by atoms with Crippen molar-refractivity contribution in [1.82, 2.24) is 0 Å². The van der Waals surface area contributed by atoms with E-state index in [4.69, 9.17) is 14.9 Å². The monoisotopic (exact) mass is 182 g/mol. The Morgan fingerprint density at radius 1 is 1.23 bits per heavy atom. The van der Waals surface area contributed by atoms with Gasteiger partial charge in [-0.25, -0.2) is 0 Å². The van der Waals surface area contributed by atoms with Crippen LogP contribution in [0.4, 0.5) is 0 Å². The molecule has 3 heteroatoms. The minimum atomic E-state index is 0.0938. The molecule has 1 aliphatic rings. The molecule has 0 unspecified atom stereocenters. The molecule has 0 aromatic heterocycles. The summed E-state index contributed by atoms with van der Waals surface area (Å²) in [6.07, 6.45) is 0.500. The number of hydrogen-bond acceptors (Lipinski definition) is 3. The molecule has 0 radical (unpaired) electrons. The van der Waals surface area contributed by atoms with Gasteiger partial charge in [-0.15, -0.1) is 0 Å². The Labute approximate surface area is 77.6 Å². The van der Waals surface area contributed by atoms with E-state index in [2.05, 4.69) is 12.1 Å². The van der Waals surface area contributed by atoms with Crippen molar-refractivity contribution in [3.63, 3.8) is 0 Å². The van der Waals surface area contributed by atoms with E-state index in [1.54, 1.807) is 0 Å². The Bertz CT molecular complexity index is 226. The number of aliphatic hydroxyl groups is 2. The summed E-state index contributed by atoms with van der Waals surface area (Å²) in [4.78, 5) is 0. The topological polar surface area (TPSA) is 49.7 Å². The smallest absolute Gasteiger partial charge is 0.120 e. The van der Waals surface area contributed by atoms with Crippen LogP contribution in [0.3, 0.4) is 0 Å². The van der Waals surface area contributed by atoms with Crippen molar-refractivity contribution >= 4 is 0 Å². The van der Waals surface area contributed by atoms with Gasteiger partial charge in [0.1, 0.15) is 12.4 Å². The SMILES string of the molecule is OCCCO.c1cc2cc(c1)OC2. The maximum atomic E-state index is 7.91. The van der Waals surface area contributed by atoms with E-state index in [1.165, 1.54) is 5.56 Å². The van der Waals surface area contributed by atoms with Gasteiger partial charge in [-0.1, -0.05) is 12.1 Å². The zero-order valence-electron chi connectivity index (χ0n) is 7.44. The van der Waals surface area contributed by atoms with Crippen LogP contribution in [0.5, 0.6) is 5.75 Å². The molecule has 13 heavy (non-hydrogen) atoms. The maximum absolute atomic E-state index is 7.91. The van der Waals surface area contributed by atoms with E-state index >= 15 is 0 Å². The first-order chi connectivity index (χ1) is 6.36. The molecule has 2 rings (SSSR count). The summed E-state index contributed by atoms with van der Waals surface area (Å²) >= 11 is 0. The van der Waals surface area contributed by atoms with Gasteiger partial charge < -0.3 is 14.9 Å². The highest BCUT2D eigenvalue weighted by molar-refractivity contribution is 5.32. The summed E-state index contributed by atoms with van der Waals surface area (Å²) in [5.74, 6) is 1.00. The van der Waals surface area contributed by atoms with Crippen LogP contribution in [-0.4, -0.2) is 23.4 Å². The van der Waals surface area contributed by atoms with Gasteiger partial charge in [0.2, 0.25) is 0 Å². The summed E-state index contributed by atoms with van der Waals surface area (Å²) in [5.41, 5.74) is 1.28. The van der Waals surface area contributed by atoms with Gasteiger partial charge in [-0.2, -0.15) is 0 Å². The highest BCUT2D eigenvalue weighted by Crippen LogP contribution is 2.20. The van der Waals surface area contributed by atoms with E-state index in [1.807, 2.05) is 12.1 Å². The molecule has 0 spiro atoms. The Kier molecular flexibility index (Phi) is 4.29. The van der Waals surface area contributed by atoms with Gasteiger partial charge in [-0.05, 0) is 24.1 Å². The quantitative estimate of drug-likeness (QED) is 0.715. The molecule has 1 aromatic rings. The molecule has 1 aromatic carbocycles. The minimum absolute atomic E-state index is 0.0938. The van der Waals surface area contributed by atoms with Gasteiger partial charge in [0.05, 0.1) is 0 Å². The van der Waals surface area contributed by atoms with Crippen molar-refractivity contribution < 1.29 is 14.9 Å². The van der Waals surface area contributed by atoms with Gasteiger partial charge in [0, 0.05) is 13.2 Å². The molecule has 0 saturated carbocycles. The van der Waals surface area contributed by atoms with Gasteiger partial charge in [-0.3, -0.25) is 0 Å². The summed E-state index contributed by atoms with van der Waals surface area (Å²) in [7, 11) is 0. The van der Waals surface area contributed by atoms with Crippen LogP contribution in [0, 0.1) is 0 Å². The van der Waals surface area contributed by atoms with Crippen molar-refractivity contribution in [2.24, 2.45) is 0 Å². The second-order valence-electron chi connectivity index (χ2n) is 2.74. The molecule has 0 fully saturated rings. The number of fused-ring (bicyclic) bond motifs is 2. The molecule has 0 aliphatic carbocycles. The highest BCUT2D eigenvalue weighted by Gasteiger charge is 2.03. The van der Waals surface area contributed by atoms with E-state index in [-0.39, 0.29) is 13.2 Å². The van der Waals surface area contributed by atoms with Crippen LogP contribution in [0.2, 0.25) is 0 Å². The number of aliphatic hydroxyl groups excluding tert-OH is 2. The Morgan fingerprint density at radius 3 is 2.46 bits per heavy atom. The van der Waals surface area contributed by atoms with Crippen LogP contribution in [0.25, 0.3) is 0 Å². The van der Waals surface area contributed by atoms with Gasteiger partial charge in [0.25, 0.3) is 0 Å². The van der Waals surface area contributed by atoms with E-state index in [9.17, 15) is 0 Å². The second-order valence-corrected chi connectivity index (χ2v) is 2.74. The zero-order valence-corrected chi connectivity index (χ0v) is 7.44. The molecule has 0 amide bonds. The van der Waals surface area contributed by atoms with Crippen LogP contribution < -0.4 is 4.74 Å². The summed E-state index contributed by atoms with van der Waals surface area (Å²) < 4.78 is 5.18. The third-order valence-corrected chi connectivity index (χ3v) is 1.62. The second kappa shape index (κ2) is 5.56. The lowest BCUT2D eigenvalue weighted by Gasteiger charge is -1.88. The Balaban J connectivity index is 0.000000149. The average Bonchev–Trinajstić information content (AvgIpc) is 2.48. The molecule has 1 heterocycles. The van der Waals surface area contributed by atoms with Crippen LogP contribution >= 0.6 is 0 Å². The number of hydrogen-bond donors (Lipinski definition) is 2. The fraction of sp³-hybridized carbons (Fsp3) is 0.400. The van der Waals surface area contributed by atoms with E-state index in [0.29, 0.717) is 6.42 Å². The first-order valence-electron chi connectivity index (χ1n) is 4.30. The third-order valence-electron chi connectivity index (χ3n) is 1.62. The molecule has 0 saturated heterocycles. The summed E-state index contributed by atoms with van der Waals surface area (Å²) in [5, 5.41) is 15.8. The van der Waals surface area contributed by atoms with Crippen LogP contribution in [0.15, 0.2) is 24.3 Å². The normalized spacial score (nSPS) is 11.5. The lowest BCUT2D eigenvalue weighted by atomic mass is 10.2. The van der Waals surface area contributed by atoms with E-state index < -0.39 is 0 Å². The van der Waals surface area contributed by atoms with Crippen molar-refractivity contribution in [3.8, 4) is 5.75 Å². The largest absolute Gasteiger partial charge is 0.489 e. The predicted octanol–water partition coefficient (Wildman–Crippen LogP) is 0.940. The van der Waals surface area contributed by atoms with E-state index in [0.717, 1.165) is 12.4 Å². The molecule has 3 nitrogen and oxygen atoms in total. The molecular formula is C10H14O3. The Morgan fingerprint density at radius 2 is 2.00 bits per heavy atom. The molecule has 2 N–H and O–H groups in total. The van der Waals surface area contributed by atoms with Crippen molar-refractivity contribution in [1.29, 1.82) is 0 Å². The van der Waals surface area contributed by atoms with Crippen molar-refractivity contribution in [2.45, 2.75) is 13.0 Å². The Hall–Kier alpha value is -1.06. The van der Waals surface area contributed by atoms with Crippen LogP contribution in [-0.2, 0) is 6.61 Å². The predicted molar refractivity (Wildman–Crippen MR) is 49.6 cm³/mol. The first-order valence-corrected chi connectivity index (χ1v) is 4.30. The summed E-state index contributed by atoms with van der Waals surface area (Å²) in [6.45, 7) is 0.954. The molecule has 2 bridgehead atoms. The fourth-order valence-corrected chi connectivity index (χ4v) is 0.962. The zero-order chi connectivity index (χ0) is 9.52. The minimum Gasteiger partial charge on any atom is -0.489 e. The number of ether oxygens (including phenoxy) is 1. The molecule has 1 aliphatic heterocycles. The lowest BCUT2D eigenvalue weighted by molar-refractivity contribution is 0.221. The molecular weight excluding hydrogens is 168 g/mol. The number of benzene rings is 1. The average molecular weight is 182 g/mol. The highest BCUT2D eigenvalue weighted by atomic mass is 16.5. The van der Waals surface area contributed by atoms with Crippen molar-refractivity contribution in [3.05, 3.63) is 29.8 Å². The standard InChI is InChI=1S/C7H6O.C3H8O2/c1-2-6-4-7(3-1)8-5-6;4-2-1-3-5/h1-4H,5H2;4-5H,1-3H2. The summed E-state index contributed by atoms with van der Waals surface area (Å²) in [6, 6.07) is 8.10. The maximum Gasteiger partial charge on any atom is 0.120 e. The fourth-order valence-electron chi connectivity index (χ4n) is 0.962. The van der Waals surface area contributed by atoms with Gasteiger partial charge >= 0.3 is 0 Å². The molecule has 0 atom stereocenters.